The highest BCUT2D eigenvalue weighted by atomic mass is 35.5. The number of hydrogen-bond donors (Lipinski definition) is 1. The summed E-state index contributed by atoms with van der Waals surface area (Å²) in [5.41, 5.74) is 1.39. The van der Waals surface area contributed by atoms with E-state index in [1.807, 2.05) is 0 Å². The normalized spacial score (nSPS) is 18.3. The molecule has 0 spiro atoms. The van der Waals surface area contributed by atoms with Gasteiger partial charge in [0, 0.05) is 21.3 Å². The van der Waals surface area contributed by atoms with Crippen LogP contribution in [-0.4, -0.2) is 16.8 Å². The Hall–Kier alpha value is -3.08. The van der Waals surface area contributed by atoms with Gasteiger partial charge in [0.2, 0.25) is 0 Å². The number of anilines is 1. The minimum absolute atomic E-state index is 0.0192. The van der Waals surface area contributed by atoms with Crippen LogP contribution in [0.2, 0.25) is 10.0 Å². The van der Waals surface area contributed by atoms with E-state index in [4.69, 9.17) is 23.2 Å². The Labute approximate surface area is 177 Å². The molecule has 1 amide bonds. The van der Waals surface area contributed by atoms with Gasteiger partial charge in [0.15, 0.2) is 0 Å². The lowest BCUT2D eigenvalue weighted by Gasteiger charge is -2.26. The molecular formula is C23H15Cl2NO3. The van der Waals surface area contributed by atoms with Crippen LogP contribution in [0.25, 0.3) is 5.76 Å². The van der Waals surface area contributed by atoms with Crippen LogP contribution in [0, 0.1) is 0 Å². The van der Waals surface area contributed by atoms with Crippen molar-refractivity contribution in [1.29, 1.82) is 0 Å². The first-order valence-electron chi connectivity index (χ1n) is 8.85. The van der Waals surface area contributed by atoms with E-state index in [0.717, 1.165) is 0 Å². The fourth-order valence-electron chi connectivity index (χ4n) is 3.47. The van der Waals surface area contributed by atoms with Gasteiger partial charge in [0.25, 0.3) is 11.7 Å². The quantitative estimate of drug-likeness (QED) is 0.337. The van der Waals surface area contributed by atoms with Crippen LogP contribution in [0.1, 0.15) is 17.2 Å². The molecule has 1 saturated heterocycles. The Kier molecular flexibility index (Phi) is 5.14. The molecule has 0 saturated carbocycles. The zero-order chi connectivity index (χ0) is 20.5. The van der Waals surface area contributed by atoms with Crippen molar-refractivity contribution >= 4 is 46.3 Å². The number of carbonyl (C=O) groups is 2. The number of aliphatic hydroxyl groups is 1. The third-order valence-electron chi connectivity index (χ3n) is 4.78. The number of carbonyl (C=O) groups excluding carboxylic acids is 2. The second-order valence-electron chi connectivity index (χ2n) is 6.54. The van der Waals surface area contributed by atoms with Crippen LogP contribution < -0.4 is 4.90 Å². The molecule has 1 atom stereocenters. The minimum Gasteiger partial charge on any atom is -0.507 e. The highest BCUT2D eigenvalue weighted by Crippen LogP contribution is 2.44. The second-order valence-corrected chi connectivity index (χ2v) is 7.38. The van der Waals surface area contributed by atoms with Gasteiger partial charge in [0.05, 0.1) is 11.6 Å². The molecule has 0 bridgehead atoms. The molecule has 0 aliphatic carbocycles. The lowest BCUT2D eigenvalue weighted by molar-refractivity contribution is -0.132. The molecule has 144 valence electrons. The van der Waals surface area contributed by atoms with E-state index in [0.29, 0.717) is 26.9 Å². The molecule has 1 N–H and O–H groups in total. The number of hydrogen-bond acceptors (Lipinski definition) is 3. The van der Waals surface area contributed by atoms with Crippen molar-refractivity contribution in [3.05, 3.63) is 106 Å². The number of Topliss-reactive ketones (excluding diaryl/α,β-unsaturated/α-hetero) is 1. The second kappa shape index (κ2) is 7.74. The molecule has 1 heterocycles. The molecule has 1 fully saturated rings. The maximum absolute atomic E-state index is 13.0. The molecule has 6 heteroatoms. The van der Waals surface area contributed by atoms with Crippen LogP contribution in [-0.2, 0) is 9.59 Å². The number of rotatable bonds is 3. The molecule has 3 aromatic carbocycles. The summed E-state index contributed by atoms with van der Waals surface area (Å²) in [5.74, 6) is -1.79. The van der Waals surface area contributed by atoms with Crippen molar-refractivity contribution in [3.8, 4) is 0 Å². The minimum atomic E-state index is -0.887. The zero-order valence-electron chi connectivity index (χ0n) is 15.0. The van der Waals surface area contributed by atoms with Crippen molar-refractivity contribution in [2.75, 3.05) is 4.90 Å². The van der Waals surface area contributed by atoms with Gasteiger partial charge in [-0.1, -0.05) is 77.8 Å². The zero-order valence-corrected chi connectivity index (χ0v) is 16.6. The van der Waals surface area contributed by atoms with Gasteiger partial charge >= 0.3 is 0 Å². The summed E-state index contributed by atoms with van der Waals surface area (Å²) >= 11 is 12.5. The van der Waals surface area contributed by atoms with Gasteiger partial charge in [-0.25, -0.2) is 0 Å². The van der Waals surface area contributed by atoms with Gasteiger partial charge in [-0.2, -0.15) is 0 Å². The summed E-state index contributed by atoms with van der Waals surface area (Å²) in [4.78, 5) is 27.3. The molecule has 0 radical (unpaired) electrons. The van der Waals surface area contributed by atoms with Crippen molar-refractivity contribution in [3.63, 3.8) is 0 Å². The van der Waals surface area contributed by atoms with E-state index >= 15 is 0 Å². The molecule has 3 aromatic rings. The Morgan fingerprint density at radius 1 is 0.862 bits per heavy atom. The predicted molar refractivity (Wildman–Crippen MR) is 114 cm³/mol. The van der Waals surface area contributed by atoms with Gasteiger partial charge in [-0.15, -0.1) is 0 Å². The van der Waals surface area contributed by atoms with E-state index in [2.05, 4.69) is 0 Å². The van der Waals surface area contributed by atoms with E-state index in [9.17, 15) is 14.7 Å². The largest absolute Gasteiger partial charge is 0.507 e. The number of nitrogens with zero attached hydrogens (tertiary/aromatic N) is 1. The molecule has 1 aliphatic rings. The SMILES string of the molecule is O=C1C(=O)N(c2cccc(Cl)c2)[C@@H](c2ccccc2Cl)/C1=C(\O)c1ccccc1. The summed E-state index contributed by atoms with van der Waals surface area (Å²) in [5, 5.41) is 11.8. The maximum Gasteiger partial charge on any atom is 0.300 e. The van der Waals surface area contributed by atoms with E-state index < -0.39 is 17.7 Å². The van der Waals surface area contributed by atoms with E-state index in [1.54, 1.807) is 78.9 Å². The average Bonchev–Trinajstić information content (AvgIpc) is 2.99. The van der Waals surface area contributed by atoms with Crippen molar-refractivity contribution in [2.24, 2.45) is 0 Å². The predicted octanol–water partition coefficient (Wildman–Crippen LogP) is 5.62. The van der Waals surface area contributed by atoms with Crippen molar-refractivity contribution < 1.29 is 14.7 Å². The first-order valence-corrected chi connectivity index (χ1v) is 9.61. The third-order valence-corrected chi connectivity index (χ3v) is 5.36. The summed E-state index contributed by atoms with van der Waals surface area (Å²) in [6.45, 7) is 0. The fraction of sp³-hybridized carbons (Fsp3) is 0.0435. The molecule has 0 aromatic heterocycles. The topological polar surface area (TPSA) is 57.6 Å². The summed E-state index contributed by atoms with van der Waals surface area (Å²) in [6, 6.07) is 21.3. The Bertz CT molecular complexity index is 1140. The Morgan fingerprint density at radius 3 is 2.24 bits per heavy atom. The number of aliphatic hydroxyl groups excluding tert-OH is 1. The number of halogens is 2. The van der Waals surface area contributed by atoms with Gasteiger partial charge in [-0.05, 0) is 29.8 Å². The fourth-order valence-corrected chi connectivity index (χ4v) is 3.89. The monoisotopic (exact) mass is 423 g/mol. The van der Waals surface area contributed by atoms with Crippen molar-refractivity contribution in [2.45, 2.75) is 6.04 Å². The molecule has 0 unspecified atom stereocenters. The van der Waals surface area contributed by atoms with E-state index in [-0.39, 0.29) is 11.3 Å². The third kappa shape index (κ3) is 3.41. The lowest BCUT2D eigenvalue weighted by Crippen LogP contribution is -2.29. The van der Waals surface area contributed by atoms with Gasteiger partial charge < -0.3 is 5.11 Å². The molecule has 4 nitrogen and oxygen atoms in total. The lowest BCUT2D eigenvalue weighted by atomic mass is 9.95. The summed E-state index contributed by atoms with van der Waals surface area (Å²) in [6.07, 6.45) is 0. The smallest absolute Gasteiger partial charge is 0.300 e. The Morgan fingerprint density at radius 2 is 1.55 bits per heavy atom. The highest BCUT2D eigenvalue weighted by Gasteiger charge is 2.47. The maximum atomic E-state index is 13.0. The van der Waals surface area contributed by atoms with Crippen LogP contribution in [0.15, 0.2) is 84.4 Å². The van der Waals surface area contributed by atoms with Crippen LogP contribution >= 0.6 is 23.2 Å². The summed E-state index contributed by atoms with van der Waals surface area (Å²) in [7, 11) is 0. The average molecular weight is 424 g/mol. The number of benzene rings is 3. The first kappa shape index (κ1) is 19.2. The number of ketones is 1. The number of amides is 1. The first-order chi connectivity index (χ1) is 14.0. The highest BCUT2D eigenvalue weighted by molar-refractivity contribution is 6.52. The molecule has 1 aliphatic heterocycles. The summed E-state index contributed by atoms with van der Waals surface area (Å²) < 4.78 is 0. The van der Waals surface area contributed by atoms with E-state index in [1.165, 1.54) is 4.90 Å². The van der Waals surface area contributed by atoms with Crippen LogP contribution in [0.4, 0.5) is 5.69 Å². The standard InChI is InChI=1S/C23H15Cl2NO3/c24-15-9-6-10-16(13-15)26-20(17-11-4-5-12-18(17)25)19(22(28)23(26)29)21(27)14-7-2-1-3-8-14/h1-13,20,27H/b21-19+/t20-/m0/s1. The molecule has 29 heavy (non-hydrogen) atoms. The Balaban J connectivity index is 1.99. The van der Waals surface area contributed by atoms with Gasteiger partial charge in [-0.3, -0.25) is 14.5 Å². The molecule has 4 rings (SSSR count). The van der Waals surface area contributed by atoms with Crippen LogP contribution in [0.5, 0.6) is 0 Å². The van der Waals surface area contributed by atoms with Crippen molar-refractivity contribution in [1.82, 2.24) is 0 Å². The van der Waals surface area contributed by atoms with Gasteiger partial charge in [0.1, 0.15) is 5.76 Å². The molecular weight excluding hydrogens is 409 g/mol. The van der Waals surface area contributed by atoms with Crippen LogP contribution in [0.3, 0.4) is 0 Å².